The number of hydrogen-bond donors (Lipinski definition) is 3. The molecule has 18 heavy (non-hydrogen) atoms. The van der Waals surface area contributed by atoms with E-state index in [-0.39, 0.29) is 6.04 Å². The highest BCUT2D eigenvalue weighted by Gasteiger charge is 2.04. The maximum Gasteiger partial charge on any atom is 0.206 e. The zero-order chi connectivity index (χ0) is 13.4. The van der Waals surface area contributed by atoms with Crippen molar-refractivity contribution in [2.75, 3.05) is 13.7 Å². The molecule has 0 aliphatic heterocycles. The van der Waals surface area contributed by atoms with Gasteiger partial charge in [0.2, 0.25) is 5.96 Å². The number of hydrogen-bond acceptors (Lipinski definition) is 4. The molecule has 0 bridgehead atoms. The molecule has 6 heteroatoms. The third-order valence-corrected chi connectivity index (χ3v) is 2.48. The second-order valence-electron chi connectivity index (χ2n) is 4.11. The lowest BCUT2D eigenvalue weighted by Gasteiger charge is -2.15. The molecule has 0 aliphatic carbocycles. The fraction of sp³-hybridized carbons (Fsp3) is 0.500. The highest BCUT2D eigenvalue weighted by molar-refractivity contribution is 5.79. The standard InChI is InChI=1S/C12H21N5O/c1-9-6-14-5-4-11(9)7-15-12(17-13)16-10(2)8-18-3/h4-6,10H,7-8,13H2,1-3H3,(H2,15,16,17). The number of nitrogens with zero attached hydrogens (tertiary/aromatic N) is 2. The molecule has 0 saturated heterocycles. The van der Waals surface area contributed by atoms with Crippen LogP contribution in [0.25, 0.3) is 0 Å². The van der Waals surface area contributed by atoms with Crippen molar-refractivity contribution in [3.8, 4) is 0 Å². The van der Waals surface area contributed by atoms with Gasteiger partial charge in [-0.3, -0.25) is 10.4 Å². The minimum Gasteiger partial charge on any atom is -0.383 e. The van der Waals surface area contributed by atoms with Gasteiger partial charge in [-0.1, -0.05) is 0 Å². The van der Waals surface area contributed by atoms with Crippen LogP contribution in [0.4, 0.5) is 0 Å². The van der Waals surface area contributed by atoms with Crippen LogP contribution in [-0.2, 0) is 11.3 Å². The SMILES string of the molecule is COCC(C)NC(=NCc1ccncc1C)NN. The quantitative estimate of drug-likeness (QED) is 0.304. The van der Waals surface area contributed by atoms with E-state index in [0.717, 1.165) is 11.1 Å². The van der Waals surface area contributed by atoms with Crippen molar-refractivity contribution in [3.05, 3.63) is 29.6 Å². The Labute approximate surface area is 108 Å². The zero-order valence-electron chi connectivity index (χ0n) is 11.1. The molecule has 1 rings (SSSR count). The van der Waals surface area contributed by atoms with E-state index in [4.69, 9.17) is 10.6 Å². The lowest BCUT2D eigenvalue weighted by molar-refractivity contribution is 0.179. The maximum absolute atomic E-state index is 5.42. The summed E-state index contributed by atoms with van der Waals surface area (Å²) in [5, 5.41) is 3.13. The molecule has 1 unspecified atom stereocenters. The van der Waals surface area contributed by atoms with Gasteiger partial charge in [0, 0.05) is 25.5 Å². The first kappa shape index (κ1) is 14.4. The van der Waals surface area contributed by atoms with Crippen molar-refractivity contribution in [2.45, 2.75) is 26.4 Å². The van der Waals surface area contributed by atoms with Gasteiger partial charge in [-0.2, -0.15) is 0 Å². The molecule has 0 aliphatic rings. The van der Waals surface area contributed by atoms with Crippen LogP contribution in [0.3, 0.4) is 0 Å². The summed E-state index contributed by atoms with van der Waals surface area (Å²) in [5.74, 6) is 5.97. The van der Waals surface area contributed by atoms with Gasteiger partial charge in [0.1, 0.15) is 0 Å². The number of ether oxygens (including phenoxy) is 1. The van der Waals surface area contributed by atoms with Gasteiger partial charge in [-0.15, -0.1) is 0 Å². The van der Waals surface area contributed by atoms with E-state index in [9.17, 15) is 0 Å². The van der Waals surface area contributed by atoms with Crippen LogP contribution in [0.2, 0.25) is 0 Å². The Hall–Kier alpha value is -1.66. The number of rotatable bonds is 5. The molecule has 6 nitrogen and oxygen atoms in total. The van der Waals surface area contributed by atoms with Crippen LogP contribution in [-0.4, -0.2) is 30.7 Å². The van der Waals surface area contributed by atoms with Crippen LogP contribution in [0.15, 0.2) is 23.5 Å². The maximum atomic E-state index is 5.42. The molecule has 0 amide bonds. The monoisotopic (exact) mass is 251 g/mol. The third kappa shape index (κ3) is 4.68. The van der Waals surface area contributed by atoms with Crippen molar-refractivity contribution in [1.29, 1.82) is 0 Å². The van der Waals surface area contributed by atoms with Gasteiger partial charge in [-0.05, 0) is 31.0 Å². The third-order valence-electron chi connectivity index (χ3n) is 2.48. The Morgan fingerprint density at radius 2 is 2.39 bits per heavy atom. The first-order valence-electron chi connectivity index (χ1n) is 5.83. The number of pyridine rings is 1. The van der Waals surface area contributed by atoms with Crippen LogP contribution in [0.5, 0.6) is 0 Å². The molecule has 0 radical (unpaired) electrons. The second-order valence-corrected chi connectivity index (χ2v) is 4.11. The number of methoxy groups -OCH3 is 1. The first-order valence-corrected chi connectivity index (χ1v) is 5.83. The normalized spacial score (nSPS) is 13.2. The molecule has 0 fully saturated rings. The van der Waals surface area contributed by atoms with E-state index in [1.165, 1.54) is 0 Å². The van der Waals surface area contributed by atoms with Crippen molar-refractivity contribution >= 4 is 5.96 Å². The Kier molecular flexibility index (Phi) is 6.10. The molecule has 1 heterocycles. The van der Waals surface area contributed by atoms with Crippen molar-refractivity contribution in [3.63, 3.8) is 0 Å². The van der Waals surface area contributed by atoms with Gasteiger partial charge in [0.05, 0.1) is 13.2 Å². The summed E-state index contributed by atoms with van der Waals surface area (Å²) < 4.78 is 5.04. The van der Waals surface area contributed by atoms with Gasteiger partial charge >= 0.3 is 0 Å². The van der Waals surface area contributed by atoms with Crippen molar-refractivity contribution in [1.82, 2.24) is 15.7 Å². The summed E-state index contributed by atoms with van der Waals surface area (Å²) in [6.45, 7) is 5.15. The highest BCUT2D eigenvalue weighted by Crippen LogP contribution is 2.06. The zero-order valence-corrected chi connectivity index (χ0v) is 11.1. The Morgan fingerprint density at radius 1 is 1.61 bits per heavy atom. The average molecular weight is 251 g/mol. The molecular formula is C12H21N5O. The summed E-state index contributed by atoms with van der Waals surface area (Å²) in [6, 6.07) is 2.09. The van der Waals surface area contributed by atoms with E-state index in [2.05, 4.69) is 20.7 Å². The Bertz CT molecular complexity index is 394. The fourth-order valence-corrected chi connectivity index (χ4v) is 1.50. The van der Waals surface area contributed by atoms with Gasteiger partial charge in [-0.25, -0.2) is 10.8 Å². The summed E-state index contributed by atoms with van der Waals surface area (Å²) >= 11 is 0. The number of nitrogens with one attached hydrogen (secondary N) is 2. The summed E-state index contributed by atoms with van der Waals surface area (Å²) in [6.07, 6.45) is 3.58. The van der Waals surface area contributed by atoms with Crippen molar-refractivity contribution < 1.29 is 4.74 Å². The van der Waals surface area contributed by atoms with Gasteiger partial charge in [0.15, 0.2) is 0 Å². The number of aryl methyl sites for hydroxylation is 1. The Balaban J connectivity index is 2.60. The molecular weight excluding hydrogens is 230 g/mol. The van der Waals surface area contributed by atoms with E-state index in [1.54, 1.807) is 13.3 Å². The minimum atomic E-state index is 0.142. The molecule has 1 aromatic heterocycles. The number of aromatic nitrogens is 1. The predicted octanol–water partition coefficient (Wildman–Crippen LogP) is 0.334. The summed E-state index contributed by atoms with van der Waals surface area (Å²) in [5.41, 5.74) is 4.79. The Morgan fingerprint density at radius 3 is 3.00 bits per heavy atom. The van der Waals surface area contributed by atoms with Crippen LogP contribution in [0, 0.1) is 6.92 Å². The first-order chi connectivity index (χ1) is 8.67. The molecule has 0 saturated carbocycles. The van der Waals surface area contributed by atoms with E-state index in [0.29, 0.717) is 19.1 Å². The molecule has 1 atom stereocenters. The lowest BCUT2D eigenvalue weighted by atomic mass is 10.2. The number of aliphatic imine (C=N–C) groups is 1. The molecule has 100 valence electrons. The van der Waals surface area contributed by atoms with E-state index >= 15 is 0 Å². The molecule has 4 N–H and O–H groups in total. The molecule has 1 aromatic rings. The summed E-state index contributed by atoms with van der Waals surface area (Å²) in [7, 11) is 1.66. The minimum absolute atomic E-state index is 0.142. The average Bonchev–Trinajstić information content (AvgIpc) is 2.36. The number of hydrazine groups is 1. The fourth-order valence-electron chi connectivity index (χ4n) is 1.50. The largest absolute Gasteiger partial charge is 0.383 e. The highest BCUT2D eigenvalue weighted by atomic mass is 16.5. The number of nitrogens with two attached hydrogens (primary N) is 1. The number of guanidine groups is 1. The van der Waals surface area contributed by atoms with E-state index in [1.807, 2.05) is 26.1 Å². The predicted molar refractivity (Wildman–Crippen MR) is 71.9 cm³/mol. The topological polar surface area (TPSA) is 84.6 Å². The van der Waals surface area contributed by atoms with E-state index < -0.39 is 0 Å². The van der Waals surface area contributed by atoms with Gasteiger partial charge in [0.25, 0.3) is 0 Å². The smallest absolute Gasteiger partial charge is 0.206 e. The van der Waals surface area contributed by atoms with Crippen LogP contribution >= 0.6 is 0 Å². The lowest BCUT2D eigenvalue weighted by Crippen LogP contribution is -2.46. The summed E-state index contributed by atoms with van der Waals surface area (Å²) in [4.78, 5) is 8.43. The van der Waals surface area contributed by atoms with Crippen molar-refractivity contribution in [2.24, 2.45) is 10.8 Å². The van der Waals surface area contributed by atoms with Crippen LogP contribution < -0.4 is 16.6 Å². The molecule has 0 spiro atoms. The van der Waals surface area contributed by atoms with Crippen LogP contribution in [0.1, 0.15) is 18.1 Å². The molecule has 0 aromatic carbocycles. The second kappa shape index (κ2) is 7.62. The van der Waals surface area contributed by atoms with Gasteiger partial charge < -0.3 is 10.1 Å².